The first-order valence-electron chi connectivity index (χ1n) is 7.55. The van der Waals surface area contributed by atoms with Crippen LogP contribution in [0.15, 0.2) is 60.8 Å². The van der Waals surface area contributed by atoms with Crippen LogP contribution < -0.4 is 10.2 Å². The molecule has 0 aliphatic carbocycles. The Balaban J connectivity index is 1.90. The maximum Gasteiger partial charge on any atom is 0.229 e. The van der Waals surface area contributed by atoms with Crippen molar-refractivity contribution in [2.75, 3.05) is 16.8 Å². The SMILES string of the molecule is CCN(c1ccccc1)c1ccnc(Nc2cc(Cl)ccc2Cl)n1. The lowest BCUT2D eigenvalue weighted by atomic mass is 10.3. The summed E-state index contributed by atoms with van der Waals surface area (Å²) in [6.07, 6.45) is 1.72. The molecule has 1 aromatic heterocycles. The Bertz CT molecular complexity index is 824. The van der Waals surface area contributed by atoms with E-state index in [1.807, 2.05) is 36.4 Å². The fourth-order valence-electron chi connectivity index (χ4n) is 2.36. The smallest absolute Gasteiger partial charge is 0.229 e. The first kappa shape index (κ1) is 16.6. The Labute approximate surface area is 151 Å². The van der Waals surface area contributed by atoms with Crippen LogP contribution >= 0.6 is 23.2 Å². The van der Waals surface area contributed by atoms with Crippen molar-refractivity contribution in [3.8, 4) is 0 Å². The number of halogens is 2. The summed E-state index contributed by atoms with van der Waals surface area (Å²) in [7, 11) is 0. The molecule has 0 amide bonds. The number of hydrogen-bond acceptors (Lipinski definition) is 4. The van der Waals surface area contributed by atoms with Crippen molar-refractivity contribution in [3.63, 3.8) is 0 Å². The third kappa shape index (κ3) is 3.78. The molecule has 1 heterocycles. The van der Waals surface area contributed by atoms with Crippen LogP contribution in [0.4, 0.5) is 23.1 Å². The van der Waals surface area contributed by atoms with E-state index in [1.54, 1.807) is 24.4 Å². The van der Waals surface area contributed by atoms with E-state index in [0.29, 0.717) is 21.7 Å². The van der Waals surface area contributed by atoms with Crippen molar-refractivity contribution >= 4 is 46.3 Å². The molecule has 0 aliphatic rings. The van der Waals surface area contributed by atoms with Gasteiger partial charge in [-0.15, -0.1) is 0 Å². The fourth-order valence-corrected chi connectivity index (χ4v) is 2.70. The van der Waals surface area contributed by atoms with Crippen LogP contribution in [0.5, 0.6) is 0 Å². The minimum Gasteiger partial charge on any atom is -0.327 e. The number of benzene rings is 2. The summed E-state index contributed by atoms with van der Waals surface area (Å²) in [6, 6.07) is 17.2. The topological polar surface area (TPSA) is 41.1 Å². The minimum atomic E-state index is 0.464. The maximum absolute atomic E-state index is 6.18. The summed E-state index contributed by atoms with van der Waals surface area (Å²) in [5.41, 5.74) is 1.74. The number of nitrogens with one attached hydrogen (secondary N) is 1. The van der Waals surface area contributed by atoms with Crippen molar-refractivity contribution in [2.45, 2.75) is 6.92 Å². The Morgan fingerprint density at radius 3 is 2.58 bits per heavy atom. The van der Waals surface area contributed by atoms with E-state index in [-0.39, 0.29) is 0 Å². The molecule has 3 aromatic rings. The third-order valence-electron chi connectivity index (χ3n) is 3.48. The van der Waals surface area contributed by atoms with E-state index in [1.165, 1.54) is 0 Å². The molecule has 24 heavy (non-hydrogen) atoms. The zero-order valence-corrected chi connectivity index (χ0v) is 14.6. The Morgan fingerprint density at radius 2 is 1.83 bits per heavy atom. The van der Waals surface area contributed by atoms with Crippen molar-refractivity contribution in [1.82, 2.24) is 9.97 Å². The molecule has 3 rings (SSSR count). The molecule has 0 aliphatic heterocycles. The molecule has 4 nitrogen and oxygen atoms in total. The van der Waals surface area contributed by atoms with Crippen LogP contribution in [0.3, 0.4) is 0 Å². The average molecular weight is 359 g/mol. The van der Waals surface area contributed by atoms with Crippen molar-refractivity contribution in [1.29, 1.82) is 0 Å². The van der Waals surface area contributed by atoms with Crippen LogP contribution in [0.2, 0.25) is 10.0 Å². The summed E-state index contributed by atoms with van der Waals surface area (Å²) in [6.45, 7) is 2.87. The fraction of sp³-hybridized carbons (Fsp3) is 0.111. The summed E-state index contributed by atoms with van der Waals surface area (Å²) in [5.74, 6) is 1.27. The molecule has 1 N–H and O–H groups in total. The van der Waals surface area contributed by atoms with Crippen LogP contribution in [0, 0.1) is 0 Å². The van der Waals surface area contributed by atoms with Gasteiger partial charge in [0.2, 0.25) is 5.95 Å². The van der Waals surface area contributed by atoms with Crippen molar-refractivity contribution < 1.29 is 0 Å². The Hall–Kier alpha value is -2.30. The molecular formula is C18H16Cl2N4. The van der Waals surface area contributed by atoms with E-state index in [9.17, 15) is 0 Å². The molecule has 0 unspecified atom stereocenters. The second kappa shape index (κ2) is 7.51. The number of rotatable bonds is 5. The Kier molecular flexibility index (Phi) is 5.18. The first-order valence-corrected chi connectivity index (χ1v) is 8.30. The molecule has 0 fully saturated rings. The maximum atomic E-state index is 6.18. The predicted molar refractivity (Wildman–Crippen MR) is 101 cm³/mol. The standard InChI is InChI=1S/C18H16Cl2N4/c1-2-24(14-6-4-3-5-7-14)17-10-11-21-18(23-17)22-16-12-13(19)8-9-15(16)20/h3-12H,2H2,1H3,(H,21,22,23). The van der Waals surface area contributed by atoms with Gasteiger partial charge in [0.25, 0.3) is 0 Å². The second-order valence-electron chi connectivity index (χ2n) is 5.07. The number of nitrogens with zero attached hydrogens (tertiary/aromatic N) is 3. The molecule has 2 aromatic carbocycles. The highest BCUT2D eigenvalue weighted by Gasteiger charge is 2.10. The normalized spacial score (nSPS) is 10.5. The highest BCUT2D eigenvalue weighted by atomic mass is 35.5. The zero-order valence-electron chi connectivity index (χ0n) is 13.1. The zero-order chi connectivity index (χ0) is 16.9. The predicted octanol–water partition coefficient (Wildman–Crippen LogP) is 5.69. The third-order valence-corrected chi connectivity index (χ3v) is 4.04. The van der Waals surface area contributed by atoms with Gasteiger partial charge >= 0.3 is 0 Å². The Morgan fingerprint density at radius 1 is 1.04 bits per heavy atom. The molecule has 0 bridgehead atoms. The van der Waals surface area contributed by atoms with Crippen molar-refractivity contribution in [2.24, 2.45) is 0 Å². The number of para-hydroxylation sites is 1. The van der Waals surface area contributed by atoms with E-state index in [2.05, 4.69) is 27.1 Å². The summed E-state index contributed by atoms with van der Waals surface area (Å²) in [4.78, 5) is 11.0. The monoisotopic (exact) mass is 358 g/mol. The molecule has 0 saturated carbocycles. The average Bonchev–Trinajstić information content (AvgIpc) is 2.60. The van der Waals surface area contributed by atoms with Gasteiger partial charge in [0, 0.05) is 23.5 Å². The lowest BCUT2D eigenvalue weighted by molar-refractivity contribution is 0.979. The quantitative estimate of drug-likeness (QED) is 0.636. The van der Waals surface area contributed by atoms with Gasteiger partial charge in [0.05, 0.1) is 10.7 Å². The largest absolute Gasteiger partial charge is 0.327 e. The van der Waals surface area contributed by atoms with E-state index in [0.717, 1.165) is 18.1 Å². The van der Waals surface area contributed by atoms with Crippen LogP contribution in [0.25, 0.3) is 0 Å². The molecular weight excluding hydrogens is 343 g/mol. The molecule has 0 spiro atoms. The number of anilines is 4. The van der Waals surface area contributed by atoms with Gasteiger partial charge < -0.3 is 10.2 Å². The molecule has 0 saturated heterocycles. The molecule has 0 radical (unpaired) electrons. The van der Waals surface area contributed by atoms with Crippen LogP contribution in [-0.2, 0) is 0 Å². The van der Waals surface area contributed by atoms with Crippen molar-refractivity contribution in [3.05, 3.63) is 70.8 Å². The first-order chi connectivity index (χ1) is 11.7. The molecule has 6 heteroatoms. The van der Waals surface area contributed by atoms with Crippen LogP contribution in [-0.4, -0.2) is 16.5 Å². The van der Waals surface area contributed by atoms with Gasteiger partial charge in [-0.1, -0.05) is 41.4 Å². The van der Waals surface area contributed by atoms with Gasteiger partial charge in [0.1, 0.15) is 5.82 Å². The lowest BCUT2D eigenvalue weighted by Crippen LogP contribution is -2.17. The summed E-state index contributed by atoms with van der Waals surface area (Å²) in [5, 5.41) is 4.27. The van der Waals surface area contributed by atoms with Gasteiger partial charge in [-0.05, 0) is 43.3 Å². The minimum absolute atomic E-state index is 0.464. The molecule has 122 valence electrons. The number of aromatic nitrogens is 2. The molecule has 0 atom stereocenters. The second-order valence-corrected chi connectivity index (χ2v) is 5.91. The summed E-state index contributed by atoms with van der Waals surface area (Å²) < 4.78 is 0. The van der Waals surface area contributed by atoms with E-state index < -0.39 is 0 Å². The van der Waals surface area contributed by atoms with Gasteiger partial charge in [0.15, 0.2) is 0 Å². The van der Waals surface area contributed by atoms with Gasteiger partial charge in [-0.2, -0.15) is 4.98 Å². The van der Waals surface area contributed by atoms with E-state index >= 15 is 0 Å². The lowest BCUT2D eigenvalue weighted by Gasteiger charge is -2.22. The highest BCUT2D eigenvalue weighted by molar-refractivity contribution is 6.35. The van der Waals surface area contributed by atoms with Gasteiger partial charge in [-0.25, -0.2) is 4.98 Å². The highest BCUT2D eigenvalue weighted by Crippen LogP contribution is 2.28. The van der Waals surface area contributed by atoms with Crippen LogP contribution in [0.1, 0.15) is 6.92 Å². The summed E-state index contributed by atoms with van der Waals surface area (Å²) >= 11 is 12.2. The van der Waals surface area contributed by atoms with E-state index in [4.69, 9.17) is 23.2 Å². The van der Waals surface area contributed by atoms with Gasteiger partial charge in [-0.3, -0.25) is 0 Å². The number of hydrogen-bond donors (Lipinski definition) is 1.